The second-order valence-corrected chi connectivity index (χ2v) is 6.50. The van der Waals surface area contributed by atoms with E-state index in [-0.39, 0.29) is 18.5 Å². The zero-order valence-electron chi connectivity index (χ0n) is 14.7. The number of amides is 2. The summed E-state index contributed by atoms with van der Waals surface area (Å²) in [6.07, 6.45) is 1.76. The van der Waals surface area contributed by atoms with Crippen molar-refractivity contribution >= 4 is 6.03 Å². The van der Waals surface area contributed by atoms with Gasteiger partial charge in [-0.3, -0.25) is 4.68 Å². The molecule has 6 heteroatoms. The van der Waals surface area contributed by atoms with E-state index in [1.54, 1.807) is 6.92 Å². The maximum atomic E-state index is 11.7. The zero-order chi connectivity index (χ0) is 16.9. The lowest BCUT2D eigenvalue weighted by atomic mass is 9.93. The zero-order valence-corrected chi connectivity index (χ0v) is 14.7. The van der Waals surface area contributed by atoms with Crippen LogP contribution in [0.3, 0.4) is 0 Å². The first-order chi connectivity index (χ1) is 10.1. The van der Waals surface area contributed by atoms with Crippen LogP contribution in [0.4, 0.5) is 4.79 Å². The second-order valence-electron chi connectivity index (χ2n) is 6.50. The minimum atomic E-state index is -0.888. The number of aromatic nitrogens is 2. The number of hydrogen-bond acceptors (Lipinski definition) is 3. The minimum absolute atomic E-state index is 0.0873. The molecular weight excluding hydrogens is 280 g/mol. The first-order valence-electron chi connectivity index (χ1n) is 7.88. The van der Waals surface area contributed by atoms with Gasteiger partial charge in [-0.25, -0.2) is 4.79 Å². The van der Waals surface area contributed by atoms with Crippen molar-refractivity contribution in [3.63, 3.8) is 0 Å². The van der Waals surface area contributed by atoms with Crippen LogP contribution < -0.4 is 10.6 Å². The summed E-state index contributed by atoms with van der Waals surface area (Å²) < 4.78 is 1.89. The van der Waals surface area contributed by atoms with Crippen LogP contribution in [0.1, 0.15) is 44.1 Å². The van der Waals surface area contributed by atoms with Crippen molar-refractivity contribution in [2.45, 2.75) is 53.1 Å². The number of nitrogens with zero attached hydrogens (tertiary/aromatic N) is 2. The van der Waals surface area contributed by atoms with Crippen LogP contribution in [0.5, 0.6) is 0 Å². The van der Waals surface area contributed by atoms with E-state index in [0.29, 0.717) is 6.54 Å². The van der Waals surface area contributed by atoms with Gasteiger partial charge in [0.05, 0.1) is 11.3 Å². The van der Waals surface area contributed by atoms with E-state index in [0.717, 1.165) is 18.5 Å². The molecule has 6 nitrogen and oxygen atoms in total. The predicted molar refractivity (Wildman–Crippen MR) is 87.9 cm³/mol. The van der Waals surface area contributed by atoms with Crippen LogP contribution in [0.15, 0.2) is 0 Å². The van der Waals surface area contributed by atoms with Gasteiger partial charge in [0.1, 0.15) is 0 Å². The normalized spacial score (nSPS) is 14.0. The maximum absolute atomic E-state index is 11.7. The Hall–Kier alpha value is -1.56. The van der Waals surface area contributed by atoms with E-state index >= 15 is 0 Å². The topological polar surface area (TPSA) is 79.2 Å². The fraction of sp³-hybridized carbons (Fsp3) is 0.750. The molecule has 1 aromatic heterocycles. The summed E-state index contributed by atoms with van der Waals surface area (Å²) in [6.45, 7) is 10.5. The molecule has 0 aliphatic heterocycles. The van der Waals surface area contributed by atoms with Gasteiger partial charge in [-0.2, -0.15) is 5.10 Å². The summed E-state index contributed by atoms with van der Waals surface area (Å²) in [5, 5.41) is 20.0. The number of nitrogens with one attached hydrogen (secondary N) is 2. The van der Waals surface area contributed by atoms with E-state index in [1.807, 2.05) is 32.5 Å². The van der Waals surface area contributed by atoms with Gasteiger partial charge < -0.3 is 15.7 Å². The van der Waals surface area contributed by atoms with Crippen LogP contribution in [-0.2, 0) is 13.5 Å². The van der Waals surface area contributed by atoms with E-state index in [9.17, 15) is 9.90 Å². The molecule has 2 amide bonds. The lowest BCUT2D eigenvalue weighted by Gasteiger charge is -2.27. The first-order valence-corrected chi connectivity index (χ1v) is 7.88. The predicted octanol–water partition coefficient (Wildman–Crippen LogP) is 1.68. The van der Waals surface area contributed by atoms with Crippen molar-refractivity contribution in [3.05, 3.63) is 17.0 Å². The van der Waals surface area contributed by atoms with E-state index in [1.165, 1.54) is 11.3 Å². The number of carbonyl (C=O) groups is 1. The summed E-state index contributed by atoms with van der Waals surface area (Å²) in [5.41, 5.74) is 2.60. The van der Waals surface area contributed by atoms with Crippen molar-refractivity contribution in [3.8, 4) is 0 Å². The summed E-state index contributed by atoms with van der Waals surface area (Å²) in [4.78, 5) is 11.7. The van der Waals surface area contributed by atoms with E-state index in [4.69, 9.17) is 0 Å². The molecule has 0 saturated carbocycles. The highest BCUT2D eigenvalue weighted by atomic mass is 16.3. The molecule has 1 heterocycles. The van der Waals surface area contributed by atoms with Crippen molar-refractivity contribution in [2.75, 3.05) is 13.1 Å². The van der Waals surface area contributed by atoms with Crippen LogP contribution in [0.2, 0.25) is 0 Å². The molecule has 0 saturated heterocycles. The average Bonchev–Trinajstić information content (AvgIpc) is 2.67. The summed E-state index contributed by atoms with van der Waals surface area (Å²) in [5.74, 6) is 0.0873. The molecular formula is C16H30N4O2. The van der Waals surface area contributed by atoms with Gasteiger partial charge in [-0.05, 0) is 45.1 Å². The summed E-state index contributed by atoms with van der Waals surface area (Å²) in [7, 11) is 1.94. The molecule has 1 atom stereocenters. The van der Waals surface area contributed by atoms with Gasteiger partial charge in [-0.15, -0.1) is 0 Å². The molecule has 0 aliphatic rings. The molecule has 0 bridgehead atoms. The van der Waals surface area contributed by atoms with E-state index in [2.05, 4.69) is 22.7 Å². The molecule has 22 heavy (non-hydrogen) atoms. The smallest absolute Gasteiger partial charge is 0.314 e. The average molecular weight is 310 g/mol. The monoisotopic (exact) mass is 310 g/mol. The Labute approximate surface area is 133 Å². The number of urea groups is 1. The number of aryl methyl sites for hydroxylation is 2. The van der Waals surface area contributed by atoms with Gasteiger partial charge >= 0.3 is 6.03 Å². The Bertz CT molecular complexity index is 506. The van der Waals surface area contributed by atoms with Gasteiger partial charge in [0.2, 0.25) is 0 Å². The molecule has 0 spiro atoms. The number of aliphatic hydroxyl groups is 1. The molecule has 0 aliphatic carbocycles. The fourth-order valence-corrected chi connectivity index (χ4v) is 2.17. The quantitative estimate of drug-likeness (QED) is 0.670. The Morgan fingerprint density at radius 3 is 2.50 bits per heavy atom. The molecule has 126 valence electrons. The molecule has 0 aromatic carbocycles. The van der Waals surface area contributed by atoms with Gasteiger partial charge in [0.25, 0.3) is 0 Å². The Morgan fingerprint density at radius 2 is 2.00 bits per heavy atom. The number of carbonyl (C=O) groups excluding carboxylic acids is 1. The molecule has 3 N–H and O–H groups in total. The van der Waals surface area contributed by atoms with Crippen molar-refractivity contribution in [1.29, 1.82) is 0 Å². The second kappa shape index (κ2) is 7.63. The summed E-state index contributed by atoms with van der Waals surface area (Å²) >= 11 is 0. The highest BCUT2D eigenvalue weighted by Gasteiger charge is 2.25. The van der Waals surface area contributed by atoms with Crippen LogP contribution in [0.25, 0.3) is 0 Å². The highest BCUT2D eigenvalue weighted by molar-refractivity contribution is 5.73. The first kappa shape index (κ1) is 18.5. The van der Waals surface area contributed by atoms with Crippen LogP contribution in [0, 0.1) is 19.8 Å². The Morgan fingerprint density at radius 1 is 1.36 bits per heavy atom. The van der Waals surface area contributed by atoms with Crippen LogP contribution >= 0.6 is 0 Å². The van der Waals surface area contributed by atoms with Crippen molar-refractivity contribution < 1.29 is 9.90 Å². The maximum Gasteiger partial charge on any atom is 0.314 e. The molecule has 0 radical (unpaired) electrons. The summed E-state index contributed by atoms with van der Waals surface area (Å²) in [6, 6.07) is -0.236. The lowest BCUT2D eigenvalue weighted by molar-refractivity contribution is 0.0166. The SMILES string of the molecule is Cc1nn(C)c(C)c1CCCNC(=O)NCC(C)(O)C(C)C. The van der Waals surface area contributed by atoms with Crippen LogP contribution in [-0.4, -0.2) is 39.6 Å². The Balaban J connectivity index is 2.29. The Kier molecular flexibility index (Phi) is 6.41. The third kappa shape index (κ3) is 5.02. The van der Waals surface area contributed by atoms with Gasteiger partial charge in [0.15, 0.2) is 0 Å². The van der Waals surface area contributed by atoms with E-state index < -0.39 is 5.60 Å². The fourth-order valence-electron chi connectivity index (χ4n) is 2.17. The van der Waals surface area contributed by atoms with Gasteiger partial charge in [-0.1, -0.05) is 13.8 Å². The molecule has 1 aromatic rings. The minimum Gasteiger partial charge on any atom is -0.388 e. The number of hydrogen-bond donors (Lipinski definition) is 3. The number of rotatable bonds is 7. The molecule has 1 unspecified atom stereocenters. The third-order valence-electron chi connectivity index (χ3n) is 4.40. The molecule has 1 rings (SSSR count). The van der Waals surface area contributed by atoms with Crippen molar-refractivity contribution in [2.24, 2.45) is 13.0 Å². The van der Waals surface area contributed by atoms with Gasteiger partial charge in [0, 0.05) is 25.8 Å². The largest absolute Gasteiger partial charge is 0.388 e. The highest BCUT2D eigenvalue weighted by Crippen LogP contribution is 2.14. The third-order valence-corrected chi connectivity index (χ3v) is 4.40. The molecule has 0 fully saturated rings. The van der Waals surface area contributed by atoms with Crippen molar-refractivity contribution in [1.82, 2.24) is 20.4 Å². The standard InChI is InChI=1S/C16H30N4O2/c1-11(2)16(5,22)10-18-15(21)17-9-7-8-14-12(3)19-20(6)13(14)4/h11,22H,7-10H2,1-6H3,(H2,17,18,21). The lowest BCUT2D eigenvalue weighted by Crippen LogP contribution is -2.47.